The Balaban J connectivity index is 2.04. The molecule has 4 heteroatoms. The molecule has 0 atom stereocenters. The molecule has 0 fully saturated rings. The summed E-state index contributed by atoms with van der Waals surface area (Å²) in [6, 6.07) is 12.2. The molecule has 0 saturated carbocycles. The van der Waals surface area contributed by atoms with Crippen LogP contribution >= 0.6 is 0 Å². The Morgan fingerprint density at radius 3 is 2.50 bits per heavy atom. The largest absolute Gasteiger partial charge is 0.380 e. The summed E-state index contributed by atoms with van der Waals surface area (Å²) in [6.07, 6.45) is 3.80. The molecular formula is C14H18N2O2. The molecule has 4 nitrogen and oxygen atoms in total. The number of benzene rings is 1. The minimum absolute atomic E-state index is 0.236. The fourth-order valence-corrected chi connectivity index (χ4v) is 1.75. The molecular weight excluding hydrogens is 228 g/mol. The lowest BCUT2D eigenvalue weighted by Crippen LogP contribution is -2.23. The Kier molecular flexibility index (Phi) is 4.39. The third kappa shape index (κ3) is 3.12. The predicted octanol–water partition coefficient (Wildman–Crippen LogP) is 2.51. The molecule has 1 N–H and O–H groups in total. The molecule has 0 spiro atoms. The zero-order chi connectivity index (χ0) is 12.8. The zero-order valence-corrected chi connectivity index (χ0v) is 10.7. The number of rotatable bonds is 6. The molecule has 0 unspecified atom stereocenters. The average Bonchev–Trinajstić information content (AvgIpc) is 2.94. The van der Waals surface area contributed by atoms with Gasteiger partial charge in [0.15, 0.2) is 6.29 Å². The third-order valence-corrected chi connectivity index (χ3v) is 2.75. The number of hydrogen-bond acceptors (Lipinski definition) is 3. The van der Waals surface area contributed by atoms with E-state index in [1.165, 1.54) is 0 Å². The molecule has 0 radical (unpaired) electrons. The van der Waals surface area contributed by atoms with Gasteiger partial charge in [-0.25, -0.2) is 0 Å². The van der Waals surface area contributed by atoms with Crippen LogP contribution in [0.15, 0.2) is 48.8 Å². The predicted molar refractivity (Wildman–Crippen MR) is 72.1 cm³/mol. The Morgan fingerprint density at radius 2 is 1.83 bits per heavy atom. The van der Waals surface area contributed by atoms with Gasteiger partial charge in [-0.15, -0.1) is 0 Å². The van der Waals surface area contributed by atoms with Gasteiger partial charge >= 0.3 is 0 Å². The lowest BCUT2D eigenvalue weighted by Gasteiger charge is -2.15. The fraction of sp³-hybridized carbons (Fsp3) is 0.286. The summed E-state index contributed by atoms with van der Waals surface area (Å²) in [5.41, 5.74) is 2.16. The van der Waals surface area contributed by atoms with Gasteiger partial charge < -0.3 is 19.4 Å². The molecule has 0 saturated heterocycles. The smallest absolute Gasteiger partial charge is 0.173 e. The van der Waals surface area contributed by atoms with E-state index >= 15 is 0 Å². The van der Waals surface area contributed by atoms with Crippen LogP contribution in [-0.4, -0.2) is 31.6 Å². The first kappa shape index (κ1) is 12.7. The van der Waals surface area contributed by atoms with Crippen molar-refractivity contribution in [2.45, 2.75) is 6.29 Å². The van der Waals surface area contributed by atoms with Crippen molar-refractivity contribution >= 4 is 5.69 Å². The number of nitrogens with one attached hydrogen (secondary N) is 1. The Hall–Kier alpha value is -1.78. The van der Waals surface area contributed by atoms with Crippen LogP contribution in [0, 0.1) is 0 Å². The first-order valence-electron chi connectivity index (χ1n) is 5.86. The second-order valence-corrected chi connectivity index (χ2v) is 3.92. The molecule has 18 heavy (non-hydrogen) atoms. The minimum Gasteiger partial charge on any atom is -0.380 e. The maximum Gasteiger partial charge on any atom is 0.173 e. The summed E-state index contributed by atoms with van der Waals surface area (Å²) in [4.78, 5) is 0. The van der Waals surface area contributed by atoms with E-state index in [-0.39, 0.29) is 6.29 Å². The van der Waals surface area contributed by atoms with E-state index in [1.807, 2.05) is 36.7 Å². The number of aromatic nitrogens is 1. The highest BCUT2D eigenvalue weighted by Crippen LogP contribution is 2.14. The Labute approximate surface area is 107 Å². The second-order valence-electron chi connectivity index (χ2n) is 3.92. The first-order valence-corrected chi connectivity index (χ1v) is 5.86. The summed E-state index contributed by atoms with van der Waals surface area (Å²) in [5.74, 6) is 0. The average molecular weight is 246 g/mol. The van der Waals surface area contributed by atoms with Crippen LogP contribution < -0.4 is 5.32 Å². The number of ether oxygens (including phenoxy) is 2. The van der Waals surface area contributed by atoms with Crippen molar-refractivity contribution in [1.82, 2.24) is 4.57 Å². The van der Waals surface area contributed by atoms with Crippen LogP contribution in [0.1, 0.15) is 0 Å². The van der Waals surface area contributed by atoms with E-state index in [1.54, 1.807) is 14.2 Å². The molecule has 1 heterocycles. The van der Waals surface area contributed by atoms with Crippen LogP contribution in [0.4, 0.5) is 5.69 Å². The van der Waals surface area contributed by atoms with Crippen molar-refractivity contribution in [3.05, 3.63) is 48.8 Å². The molecule has 0 aliphatic rings. The van der Waals surface area contributed by atoms with E-state index in [4.69, 9.17) is 9.47 Å². The summed E-state index contributed by atoms with van der Waals surface area (Å²) < 4.78 is 12.3. The highest BCUT2D eigenvalue weighted by molar-refractivity contribution is 5.51. The number of anilines is 1. The van der Waals surface area contributed by atoms with Crippen LogP contribution in [-0.2, 0) is 9.47 Å². The molecule has 1 aromatic heterocycles. The maximum atomic E-state index is 5.13. The van der Waals surface area contributed by atoms with Crippen molar-refractivity contribution in [2.75, 3.05) is 26.1 Å². The Bertz CT molecular complexity index is 464. The number of methoxy groups -OCH3 is 2. The van der Waals surface area contributed by atoms with E-state index in [9.17, 15) is 0 Å². The van der Waals surface area contributed by atoms with Gasteiger partial charge in [0.2, 0.25) is 0 Å². The molecule has 0 bridgehead atoms. The first-order chi connectivity index (χ1) is 8.83. The number of hydrogen-bond donors (Lipinski definition) is 1. The van der Waals surface area contributed by atoms with E-state index in [0.29, 0.717) is 6.54 Å². The molecule has 96 valence electrons. The SMILES string of the molecule is COC(CNc1cccc(-n2cccc2)c1)OC. The van der Waals surface area contributed by atoms with E-state index < -0.39 is 0 Å². The van der Waals surface area contributed by atoms with Gasteiger partial charge in [0.05, 0.1) is 6.54 Å². The summed E-state index contributed by atoms with van der Waals surface area (Å²) in [5, 5.41) is 3.29. The van der Waals surface area contributed by atoms with Crippen LogP contribution in [0.5, 0.6) is 0 Å². The highest BCUT2D eigenvalue weighted by atomic mass is 16.7. The van der Waals surface area contributed by atoms with Crippen molar-refractivity contribution in [2.24, 2.45) is 0 Å². The van der Waals surface area contributed by atoms with Crippen molar-refractivity contribution in [1.29, 1.82) is 0 Å². The monoisotopic (exact) mass is 246 g/mol. The van der Waals surface area contributed by atoms with Gasteiger partial charge in [0.25, 0.3) is 0 Å². The molecule has 1 aromatic carbocycles. The van der Waals surface area contributed by atoms with Gasteiger partial charge in [-0.3, -0.25) is 0 Å². The minimum atomic E-state index is -0.236. The van der Waals surface area contributed by atoms with E-state index in [2.05, 4.69) is 22.0 Å². The van der Waals surface area contributed by atoms with Gasteiger partial charge in [0, 0.05) is 38.0 Å². The quantitative estimate of drug-likeness (QED) is 0.795. The summed E-state index contributed by atoms with van der Waals surface area (Å²) in [7, 11) is 3.26. The standard InChI is InChI=1S/C14H18N2O2/c1-17-14(18-2)11-15-12-6-5-7-13(10-12)16-8-3-4-9-16/h3-10,14-15H,11H2,1-2H3. The third-order valence-electron chi connectivity index (χ3n) is 2.75. The normalized spacial score (nSPS) is 10.8. The zero-order valence-electron chi connectivity index (χ0n) is 10.7. The van der Waals surface area contributed by atoms with Crippen LogP contribution in [0.25, 0.3) is 5.69 Å². The highest BCUT2D eigenvalue weighted by Gasteiger charge is 2.04. The van der Waals surface area contributed by atoms with Crippen LogP contribution in [0.3, 0.4) is 0 Å². The molecule has 0 aliphatic carbocycles. The van der Waals surface area contributed by atoms with Crippen molar-refractivity contribution in [3.8, 4) is 5.69 Å². The molecule has 2 rings (SSSR count). The molecule has 0 amide bonds. The van der Waals surface area contributed by atoms with Gasteiger partial charge in [-0.2, -0.15) is 0 Å². The van der Waals surface area contributed by atoms with Crippen molar-refractivity contribution in [3.63, 3.8) is 0 Å². The summed E-state index contributed by atoms with van der Waals surface area (Å²) >= 11 is 0. The maximum absolute atomic E-state index is 5.13. The number of nitrogens with zero attached hydrogens (tertiary/aromatic N) is 1. The van der Waals surface area contributed by atoms with Gasteiger partial charge in [-0.1, -0.05) is 6.07 Å². The van der Waals surface area contributed by atoms with Gasteiger partial charge in [-0.05, 0) is 30.3 Å². The summed E-state index contributed by atoms with van der Waals surface area (Å²) in [6.45, 7) is 0.613. The van der Waals surface area contributed by atoms with Crippen molar-refractivity contribution < 1.29 is 9.47 Å². The molecule has 2 aromatic rings. The lowest BCUT2D eigenvalue weighted by molar-refractivity contribution is -0.0914. The van der Waals surface area contributed by atoms with Crippen LogP contribution in [0.2, 0.25) is 0 Å². The second kappa shape index (κ2) is 6.23. The topological polar surface area (TPSA) is 35.4 Å². The lowest BCUT2D eigenvalue weighted by atomic mass is 10.2. The van der Waals surface area contributed by atoms with E-state index in [0.717, 1.165) is 11.4 Å². The fourth-order valence-electron chi connectivity index (χ4n) is 1.75. The Morgan fingerprint density at radius 1 is 1.11 bits per heavy atom. The molecule has 0 aliphatic heterocycles. The van der Waals surface area contributed by atoms with Gasteiger partial charge in [0.1, 0.15) is 0 Å².